The van der Waals surface area contributed by atoms with Gasteiger partial charge in [0, 0.05) is 50.5 Å². The number of carboxylic acids is 3. The third-order valence-corrected chi connectivity index (χ3v) is 8.89. The minimum atomic E-state index is -1.50. The highest BCUT2D eigenvalue weighted by molar-refractivity contribution is 6.01. The number of hydrogen-bond acceptors (Lipinski definition) is 22. The Hall–Kier alpha value is -10.1. The molecular weight excluding hydrogens is 1070 g/mol. The molecule has 2 amide bonds. The molecule has 0 aliphatic carbocycles. The van der Waals surface area contributed by atoms with Crippen molar-refractivity contribution in [2.75, 3.05) is 20.0 Å². The largest absolute Gasteiger partial charge is 0.507 e. The van der Waals surface area contributed by atoms with Gasteiger partial charge in [-0.05, 0) is 85.9 Å². The number of ether oxygens (including phenoxy) is 3. The van der Waals surface area contributed by atoms with Crippen molar-refractivity contribution in [1.82, 2.24) is 10.6 Å². The summed E-state index contributed by atoms with van der Waals surface area (Å²) in [7, 11) is 2.34. The van der Waals surface area contributed by atoms with Crippen molar-refractivity contribution >= 4 is 82.8 Å². The van der Waals surface area contributed by atoms with Crippen molar-refractivity contribution in [3.8, 4) is 23.0 Å². The molecule has 33 nitrogen and oxygen atoms in total. The van der Waals surface area contributed by atoms with Crippen LogP contribution in [0, 0.1) is 0 Å². The summed E-state index contributed by atoms with van der Waals surface area (Å²) in [5.74, 6) is -8.93. The van der Waals surface area contributed by atoms with Gasteiger partial charge < -0.3 is 82.3 Å². The number of benzene rings is 4. The van der Waals surface area contributed by atoms with Gasteiger partial charge in [0.25, 0.3) is 11.8 Å². The molecule has 0 bridgehead atoms. The summed E-state index contributed by atoms with van der Waals surface area (Å²) in [5.41, 5.74) is 35.2. The fourth-order valence-electron chi connectivity index (χ4n) is 5.08. The molecule has 34 heteroatoms. The van der Waals surface area contributed by atoms with Crippen molar-refractivity contribution in [2.24, 2.45) is 21.1 Å². The van der Waals surface area contributed by atoms with Gasteiger partial charge in [-0.2, -0.15) is 0 Å². The Morgan fingerprint density at radius 2 is 0.936 bits per heavy atom. The first-order chi connectivity index (χ1) is 36.0. The van der Waals surface area contributed by atoms with Crippen LogP contribution >= 0.6 is 12.4 Å². The zero-order valence-electron chi connectivity index (χ0n) is 41.5. The number of esters is 3. The van der Waals surface area contributed by atoms with Crippen molar-refractivity contribution < 1.29 is 98.5 Å². The Bertz CT molecular complexity index is 2920. The van der Waals surface area contributed by atoms with E-state index in [1.807, 2.05) is 0 Å². The molecule has 0 radical (unpaired) electrons. The number of aromatic carboxylic acids is 2. The van der Waals surface area contributed by atoms with E-state index in [1.165, 1.54) is 88.5 Å². The van der Waals surface area contributed by atoms with Gasteiger partial charge in [0.15, 0.2) is 12.1 Å². The number of carboxylic acid groups (broad SMARTS) is 3. The number of aliphatic hydroxyl groups excluding tert-OH is 3. The van der Waals surface area contributed by atoms with E-state index in [0.717, 1.165) is 26.2 Å². The average Bonchev–Trinajstić information content (AvgIpc) is 3.34. The van der Waals surface area contributed by atoms with Gasteiger partial charge in [0.05, 0.1) is 43.7 Å². The summed E-state index contributed by atoms with van der Waals surface area (Å²) < 4.78 is 13.7. The van der Waals surface area contributed by atoms with Crippen molar-refractivity contribution in [3.63, 3.8) is 0 Å². The lowest BCUT2D eigenvalue weighted by molar-refractivity contribution is -0.146. The first-order valence-electron chi connectivity index (χ1n) is 21.0. The van der Waals surface area contributed by atoms with Gasteiger partial charge in [0.1, 0.15) is 40.2 Å². The number of nitrogens with zero attached hydrogens (tertiary/aromatic N) is 9. The predicted octanol–water partition coefficient (Wildman–Crippen LogP) is 4.10. The molecule has 0 heterocycles. The smallest absolute Gasteiger partial charge is 0.339 e. The highest BCUT2D eigenvalue weighted by Gasteiger charge is 2.29. The number of amides is 2. The lowest BCUT2D eigenvalue weighted by Gasteiger charge is -2.19. The van der Waals surface area contributed by atoms with Crippen LogP contribution in [0.4, 0.5) is 22.7 Å². The highest BCUT2D eigenvalue weighted by atomic mass is 35.5. The monoisotopic (exact) mass is 1120 g/mol. The summed E-state index contributed by atoms with van der Waals surface area (Å²) >= 11 is 0. The Morgan fingerprint density at radius 1 is 0.564 bits per heavy atom. The molecule has 15 N–H and O–H groups in total. The van der Waals surface area contributed by atoms with E-state index in [1.54, 1.807) is 0 Å². The number of carbonyl (C=O) groups is 8. The van der Waals surface area contributed by atoms with Gasteiger partial charge in [-0.1, -0.05) is 33.5 Å². The third-order valence-electron chi connectivity index (χ3n) is 8.89. The Kier molecular flexibility index (Phi) is 31.5. The number of nitrogens with one attached hydrogen (secondary N) is 2. The molecule has 78 heavy (non-hydrogen) atoms. The van der Waals surface area contributed by atoms with E-state index in [9.17, 15) is 53.7 Å². The van der Waals surface area contributed by atoms with Crippen molar-refractivity contribution in [1.29, 1.82) is 0 Å². The molecule has 420 valence electrons. The number of aromatic hydroxyl groups is 3. The fourth-order valence-corrected chi connectivity index (χ4v) is 5.08. The van der Waals surface area contributed by atoms with Gasteiger partial charge >= 0.3 is 35.8 Å². The molecule has 0 fully saturated rings. The number of halogens is 1. The maximum atomic E-state index is 12.3. The highest BCUT2D eigenvalue weighted by Crippen LogP contribution is 2.27. The minimum Gasteiger partial charge on any atom is -0.507 e. The Labute approximate surface area is 445 Å². The Balaban J connectivity index is 0. The van der Waals surface area contributed by atoms with Gasteiger partial charge in [-0.3, -0.25) is 19.2 Å². The first kappa shape index (κ1) is 70.0. The minimum absolute atomic E-state index is 0. The lowest BCUT2D eigenvalue weighted by Crippen LogP contribution is -2.48. The van der Waals surface area contributed by atoms with Crippen LogP contribution in [0.25, 0.3) is 31.3 Å². The van der Waals surface area contributed by atoms with Crippen molar-refractivity contribution in [2.45, 2.75) is 64.1 Å². The number of nitrogens with two attached hydrogens (primary N) is 2. The molecule has 0 aliphatic heterocycles. The molecule has 6 atom stereocenters. The summed E-state index contributed by atoms with van der Waals surface area (Å²) in [6.45, 7) is 5.08. The summed E-state index contributed by atoms with van der Waals surface area (Å²) in [4.78, 5) is 96.5. The molecule has 0 saturated carbocycles. The second-order valence-electron chi connectivity index (χ2n) is 14.7. The van der Waals surface area contributed by atoms with Crippen LogP contribution in [0.2, 0.25) is 0 Å². The number of azide groups is 3. The summed E-state index contributed by atoms with van der Waals surface area (Å²) in [6.07, 6.45) is -3.36. The van der Waals surface area contributed by atoms with Gasteiger partial charge in [-0.25, -0.2) is 19.2 Å². The second-order valence-corrected chi connectivity index (χ2v) is 14.7. The standard InChI is InChI=1S/C14H16N4O6.C11H12N4O5.C7H5N3O3.C7H7NO3.C5H11NO3.ClH/c1-7(19)12(14(22)23-3)16-13(21)10-5-4-9(17-18-15)6-11(10)24-8(2)20;1-5(16)9(11(19)20)13-10(18)7-3-2-6(14-15-12)4-8(7)17;8-10-9-4-1-2-5(7(12)13)6(11)3-4;8-4-1-2-5(7(10)11)6(9)3-4;1-3(7)4(6)5(8)9-2;/h4-7,12,19H,1-3H3,(H,16,21);2-5,9,16-17H,1H3,(H,13,18)(H,19,20);1-3,11H,(H,12,13);1-3,9H,8H2,(H,10,11);3-4,7H,6H2,1-2H3;1H/t7-,12+;5-,9+;;;;/m11..../s1. The van der Waals surface area contributed by atoms with E-state index in [2.05, 4.69) is 50.2 Å². The van der Waals surface area contributed by atoms with E-state index < -0.39 is 95.6 Å². The topological polar surface area (TPSA) is 569 Å². The zero-order valence-corrected chi connectivity index (χ0v) is 42.3. The predicted molar refractivity (Wildman–Crippen MR) is 271 cm³/mol. The van der Waals surface area contributed by atoms with E-state index in [4.69, 9.17) is 63.4 Å². The fraction of sp³-hybridized carbons (Fsp3) is 0.273. The number of carbonyl (C=O) groups excluding carboxylic acids is 5. The van der Waals surface area contributed by atoms with Crippen molar-refractivity contribution in [3.05, 3.63) is 126 Å². The second kappa shape index (κ2) is 35.2. The quantitative estimate of drug-likeness (QED) is 0.0187. The molecule has 4 aromatic rings. The van der Waals surface area contributed by atoms with Crippen LogP contribution in [-0.2, 0) is 28.7 Å². The Morgan fingerprint density at radius 3 is 1.27 bits per heavy atom. The molecule has 0 aromatic heterocycles. The van der Waals surface area contributed by atoms with E-state index >= 15 is 0 Å². The van der Waals surface area contributed by atoms with Gasteiger partial charge in [-0.15, -0.1) is 12.4 Å². The number of methoxy groups -OCH3 is 2. The SMILES string of the molecule is COC(=O)C(N)C(C)O.COC(=O)[C@@H](NC(=O)c1ccc(N=[N+]=[N-])cc1OC(C)=O)[C@@H](C)O.C[C@@H](O)[C@H](NC(=O)c1ccc(N=[N+]=[N-])cc1O)C(=O)O.Cl.Nc1ccc(C(=O)O)c(O)c1.[N-]=[N+]=Nc1ccc(C(=O)O)c(O)c1. The number of rotatable bonds is 16. The van der Waals surface area contributed by atoms with E-state index in [0.29, 0.717) is 5.69 Å². The van der Waals surface area contributed by atoms with Crippen LogP contribution < -0.4 is 26.8 Å². The number of aliphatic hydroxyl groups is 3. The maximum absolute atomic E-state index is 12.3. The number of phenols is 3. The molecule has 2 unspecified atom stereocenters. The normalized spacial score (nSPS) is 11.8. The molecule has 4 aromatic carbocycles. The summed E-state index contributed by atoms with van der Waals surface area (Å²) in [6, 6.07) is 11.0. The van der Waals surface area contributed by atoms with Crippen LogP contribution in [0.1, 0.15) is 69.1 Å². The third kappa shape index (κ3) is 24.3. The lowest BCUT2D eigenvalue weighted by atomic mass is 10.1. The zero-order chi connectivity index (χ0) is 59.3. The van der Waals surface area contributed by atoms with Crippen LogP contribution in [0.15, 0.2) is 88.1 Å². The maximum Gasteiger partial charge on any atom is 0.339 e. The van der Waals surface area contributed by atoms with E-state index in [-0.39, 0.29) is 63.2 Å². The van der Waals surface area contributed by atoms with Gasteiger partial charge in [0.2, 0.25) is 0 Å². The van der Waals surface area contributed by atoms with Crippen LogP contribution in [0.5, 0.6) is 23.0 Å². The van der Waals surface area contributed by atoms with Crippen LogP contribution in [0.3, 0.4) is 0 Å². The molecule has 0 saturated heterocycles. The number of anilines is 1. The first-order valence-corrected chi connectivity index (χ1v) is 21.0. The summed E-state index contributed by atoms with van der Waals surface area (Å²) in [5, 5.41) is 95.2. The molecule has 0 spiro atoms. The average molecular weight is 1120 g/mol. The number of hydrogen-bond donors (Lipinski definition) is 13. The van der Waals surface area contributed by atoms with Crippen LogP contribution in [-0.4, -0.2) is 144 Å². The number of nitrogen functional groups attached to an aromatic ring is 1. The number of phenolic OH excluding ortho intramolecular Hbond substituents is 1. The molecule has 0 aliphatic rings. The molecule has 4 rings (SSSR count). The number of aliphatic carboxylic acids is 1. The molecular formula is C44H52ClN13O20.